The predicted molar refractivity (Wildman–Crippen MR) is 126 cm³/mol. The van der Waals surface area contributed by atoms with Gasteiger partial charge in [0.2, 0.25) is 0 Å². The van der Waals surface area contributed by atoms with Gasteiger partial charge in [0, 0.05) is 17.1 Å². The van der Waals surface area contributed by atoms with Gasteiger partial charge in [-0.15, -0.1) is 11.8 Å². The van der Waals surface area contributed by atoms with Crippen molar-refractivity contribution in [3.63, 3.8) is 0 Å². The number of rotatable bonds is 8. The Bertz CT molecular complexity index is 1070. The largest absolute Gasteiger partial charge is 0.493 e. The van der Waals surface area contributed by atoms with Crippen LogP contribution in [0.5, 0.6) is 11.5 Å². The summed E-state index contributed by atoms with van der Waals surface area (Å²) in [5.41, 5.74) is 3.08. The highest BCUT2D eigenvalue weighted by Gasteiger charge is 2.36. The SMILES string of the molecule is COC(=O)C1=C(C)N(CCc2ccc(OC)c(OC)c2)C(=O)/C1=C\c1ccc(SC)cc1. The van der Waals surface area contributed by atoms with Crippen molar-refractivity contribution in [1.82, 2.24) is 4.90 Å². The first-order valence-corrected chi connectivity index (χ1v) is 11.3. The minimum absolute atomic E-state index is 0.211. The number of allylic oxidation sites excluding steroid dienone is 1. The Morgan fingerprint density at radius 1 is 1.03 bits per heavy atom. The molecule has 32 heavy (non-hydrogen) atoms. The van der Waals surface area contributed by atoms with E-state index in [9.17, 15) is 9.59 Å². The van der Waals surface area contributed by atoms with E-state index in [1.165, 1.54) is 7.11 Å². The third-order valence-electron chi connectivity index (χ3n) is 5.40. The van der Waals surface area contributed by atoms with Crippen molar-refractivity contribution in [2.75, 3.05) is 34.1 Å². The number of carbonyl (C=O) groups excluding carboxylic acids is 2. The lowest BCUT2D eigenvalue weighted by Gasteiger charge is -2.18. The van der Waals surface area contributed by atoms with Crippen LogP contribution in [0.2, 0.25) is 0 Å². The van der Waals surface area contributed by atoms with E-state index in [4.69, 9.17) is 14.2 Å². The first kappa shape index (κ1) is 23.5. The third-order valence-corrected chi connectivity index (χ3v) is 6.14. The number of esters is 1. The molecule has 0 atom stereocenters. The molecule has 1 aliphatic heterocycles. The number of nitrogens with zero attached hydrogens (tertiary/aromatic N) is 1. The van der Waals surface area contributed by atoms with Crippen LogP contribution in [-0.4, -0.2) is 50.9 Å². The van der Waals surface area contributed by atoms with Gasteiger partial charge >= 0.3 is 5.97 Å². The molecule has 1 amide bonds. The van der Waals surface area contributed by atoms with E-state index in [1.807, 2.05) is 48.7 Å². The monoisotopic (exact) mass is 453 g/mol. The van der Waals surface area contributed by atoms with Crippen LogP contribution in [0, 0.1) is 0 Å². The van der Waals surface area contributed by atoms with Gasteiger partial charge in [-0.05, 0) is 61.1 Å². The van der Waals surface area contributed by atoms with Gasteiger partial charge in [-0.3, -0.25) is 4.79 Å². The summed E-state index contributed by atoms with van der Waals surface area (Å²) in [6, 6.07) is 13.5. The fourth-order valence-electron chi connectivity index (χ4n) is 3.64. The van der Waals surface area contributed by atoms with Crippen molar-refractivity contribution < 1.29 is 23.8 Å². The second-order valence-electron chi connectivity index (χ2n) is 7.18. The Labute approximate surface area is 192 Å². The number of benzene rings is 2. The molecule has 0 aromatic heterocycles. The number of hydrogen-bond donors (Lipinski definition) is 0. The van der Waals surface area contributed by atoms with Crippen molar-refractivity contribution in [2.24, 2.45) is 0 Å². The molecule has 0 saturated heterocycles. The molecule has 0 bridgehead atoms. The van der Waals surface area contributed by atoms with Crippen molar-refractivity contribution in [3.8, 4) is 11.5 Å². The highest BCUT2D eigenvalue weighted by molar-refractivity contribution is 7.98. The van der Waals surface area contributed by atoms with Crippen molar-refractivity contribution in [1.29, 1.82) is 0 Å². The molecule has 0 radical (unpaired) electrons. The number of thioether (sulfide) groups is 1. The summed E-state index contributed by atoms with van der Waals surface area (Å²) in [7, 11) is 4.50. The molecular formula is C25H27NO5S. The molecule has 0 saturated carbocycles. The van der Waals surface area contributed by atoms with E-state index in [2.05, 4.69) is 0 Å². The summed E-state index contributed by atoms with van der Waals surface area (Å²) >= 11 is 1.64. The second-order valence-corrected chi connectivity index (χ2v) is 8.06. The average molecular weight is 454 g/mol. The average Bonchev–Trinajstić information content (AvgIpc) is 3.06. The lowest BCUT2D eigenvalue weighted by Crippen LogP contribution is -2.27. The summed E-state index contributed by atoms with van der Waals surface area (Å²) in [6.45, 7) is 2.19. The lowest BCUT2D eigenvalue weighted by molar-refractivity contribution is -0.136. The van der Waals surface area contributed by atoms with Crippen molar-refractivity contribution >= 4 is 29.7 Å². The van der Waals surface area contributed by atoms with Crippen molar-refractivity contribution in [2.45, 2.75) is 18.2 Å². The summed E-state index contributed by atoms with van der Waals surface area (Å²) in [5, 5.41) is 0. The van der Waals surface area contributed by atoms with Crippen LogP contribution in [0.1, 0.15) is 18.1 Å². The maximum atomic E-state index is 13.3. The van der Waals surface area contributed by atoms with E-state index in [1.54, 1.807) is 43.9 Å². The predicted octanol–water partition coefficient (Wildman–Crippen LogP) is 4.34. The molecular weight excluding hydrogens is 426 g/mol. The molecule has 6 nitrogen and oxygen atoms in total. The van der Waals surface area contributed by atoms with Crippen LogP contribution in [0.25, 0.3) is 6.08 Å². The molecule has 3 rings (SSSR count). The molecule has 0 spiro atoms. The highest BCUT2D eigenvalue weighted by Crippen LogP contribution is 2.33. The summed E-state index contributed by atoms with van der Waals surface area (Å²) in [6.07, 6.45) is 4.35. The summed E-state index contributed by atoms with van der Waals surface area (Å²) in [4.78, 5) is 28.5. The Kier molecular flexibility index (Phi) is 7.64. The lowest BCUT2D eigenvalue weighted by atomic mass is 10.0. The number of hydrogen-bond acceptors (Lipinski definition) is 6. The Hall–Kier alpha value is -3.19. The third kappa shape index (κ3) is 4.83. The van der Waals surface area contributed by atoms with Gasteiger partial charge in [0.25, 0.3) is 5.91 Å². The minimum atomic E-state index is -0.517. The minimum Gasteiger partial charge on any atom is -0.493 e. The fraction of sp³-hybridized carbons (Fsp3) is 0.280. The van der Waals surface area contributed by atoms with E-state index in [-0.39, 0.29) is 5.91 Å². The molecule has 2 aromatic rings. The maximum Gasteiger partial charge on any atom is 0.340 e. The molecule has 0 fully saturated rings. The van der Waals surface area contributed by atoms with Crippen LogP contribution in [0.4, 0.5) is 0 Å². The van der Waals surface area contributed by atoms with Crippen molar-refractivity contribution in [3.05, 3.63) is 70.4 Å². The smallest absolute Gasteiger partial charge is 0.340 e. The van der Waals surface area contributed by atoms with Gasteiger partial charge in [0.1, 0.15) is 0 Å². The second kappa shape index (κ2) is 10.4. The molecule has 1 aliphatic rings. The van der Waals surface area contributed by atoms with Crippen LogP contribution < -0.4 is 9.47 Å². The zero-order valence-electron chi connectivity index (χ0n) is 18.9. The molecule has 1 heterocycles. The van der Waals surface area contributed by atoms with Crippen LogP contribution in [-0.2, 0) is 20.7 Å². The Morgan fingerprint density at radius 2 is 1.72 bits per heavy atom. The maximum absolute atomic E-state index is 13.3. The zero-order valence-corrected chi connectivity index (χ0v) is 19.7. The van der Waals surface area contributed by atoms with Gasteiger partial charge in [-0.1, -0.05) is 18.2 Å². The molecule has 2 aromatic carbocycles. The Balaban J connectivity index is 1.88. The van der Waals surface area contributed by atoms with Crippen LogP contribution in [0.3, 0.4) is 0 Å². The quantitative estimate of drug-likeness (QED) is 0.337. The Morgan fingerprint density at radius 3 is 2.31 bits per heavy atom. The number of amides is 1. The summed E-state index contributed by atoms with van der Waals surface area (Å²) < 4.78 is 15.6. The van der Waals surface area contributed by atoms with Gasteiger partial charge in [-0.25, -0.2) is 4.79 Å². The topological polar surface area (TPSA) is 65.1 Å². The van der Waals surface area contributed by atoms with Gasteiger partial charge in [-0.2, -0.15) is 0 Å². The fourth-order valence-corrected chi connectivity index (χ4v) is 4.05. The van der Waals surface area contributed by atoms with Gasteiger partial charge in [0.05, 0.1) is 32.5 Å². The van der Waals surface area contributed by atoms with E-state index >= 15 is 0 Å². The summed E-state index contributed by atoms with van der Waals surface area (Å²) in [5.74, 6) is 0.554. The van der Waals surface area contributed by atoms with E-state index in [0.29, 0.717) is 41.3 Å². The first-order valence-electron chi connectivity index (χ1n) is 10.1. The molecule has 7 heteroatoms. The molecule has 0 N–H and O–H groups in total. The van der Waals surface area contributed by atoms with E-state index in [0.717, 1.165) is 16.0 Å². The molecule has 0 unspecified atom stereocenters. The standard InChI is InChI=1S/C25H27NO5S/c1-16-23(25(28)31-4)20(14-17-6-9-19(32-5)10-7-17)24(27)26(16)13-12-18-8-11-21(29-2)22(15-18)30-3/h6-11,14-15H,12-13H2,1-5H3/b20-14-. The van der Waals surface area contributed by atoms with E-state index < -0.39 is 5.97 Å². The highest BCUT2D eigenvalue weighted by atomic mass is 32.2. The van der Waals surface area contributed by atoms with Gasteiger partial charge < -0.3 is 19.1 Å². The van der Waals surface area contributed by atoms with Crippen LogP contribution >= 0.6 is 11.8 Å². The first-order chi connectivity index (χ1) is 15.4. The zero-order chi connectivity index (χ0) is 23.3. The number of ether oxygens (including phenoxy) is 3. The van der Waals surface area contributed by atoms with Gasteiger partial charge in [0.15, 0.2) is 11.5 Å². The normalized spacial score (nSPS) is 14.8. The molecule has 168 valence electrons. The number of methoxy groups -OCH3 is 3. The number of carbonyl (C=O) groups is 2. The molecule has 0 aliphatic carbocycles. The van der Waals surface area contributed by atoms with Crippen LogP contribution in [0.15, 0.2) is 64.2 Å².